The lowest BCUT2D eigenvalue weighted by atomic mass is 10.1. The molecular formula is C21H24ClN3O2. The number of halogens is 1. The van der Waals surface area contributed by atoms with Gasteiger partial charge in [0.15, 0.2) is 0 Å². The number of rotatable bonds is 5. The van der Waals surface area contributed by atoms with Gasteiger partial charge < -0.3 is 15.1 Å². The van der Waals surface area contributed by atoms with E-state index in [4.69, 9.17) is 11.6 Å². The molecule has 142 valence electrons. The highest BCUT2D eigenvalue weighted by atomic mass is 35.5. The monoisotopic (exact) mass is 385 g/mol. The molecule has 6 heteroatoms. The van der Waals surface area contributed by atoms with Gasteiger partial charge in [0.1, 0.15) is 0 Å². The van der Waals surface area contributed by atoms with E-state index in [1.807, 2.05) is 36.1 Å². The van der Waals surface area contributed by atoms with E-state index < -0.39 is 0 Å². The average molecular weight is 386 g/mol. The van der Waals surface area contributed by atoms with Crippen LogP contribution in [0.15, 0.2) is 48.5 Å². The Bertz CT molecular complexity index is 817. The van der Waals surface area contributed by atoms with Crippen LogP contribution in [0.5, 0.6) is 0 Å². The number of nitrogens with zero attached hydrogens (tertiary/aromatic N) is 2. The fourth-order valence-electron chi connectivity index (χ4n) is 3.16. The maximum absolute atomic E-state index is 12.8. The molecule has 0 bridgehead atoms. The van der Waals surface area contributed by atoms with Crippen molar-refractivity contribution in [1.82, 2.24) is 10.2 Å². The third kappa shape index (κ3) is 4.80. The smallest absolute Gasteiger partial charge is 0.253 e. The molecule has 1 fully saturated rings. The van der Waals surface area contributed by atoms with Gasteiger partial charge in [-0.25, -0.2) is 0 Å². The number of carbonyl (C=O) groups is 2. The second kappa shape index (κ2) is 8.91. The molecule has 1 aliphatic heterocycles. The van der Waals surface area contributed by atoms with Gasteiger partial charge in [-0.3, -0.25) is 9.59 Å². The number of anilines is 1. The predicted octanol–water partition coefficient (Wildman–Crippen LogP) is 3.44. The lowest BCUT2D eigenvalue weighted by Crippen LogP contribution is -2.48. The topological polar surface area (TPSA) is 52.7 Å². The molecule has 0 spiro atoms. The summed E-state index contributed by atoms with van der Waals surface area (Å²) in [5.74, 6) is -0.178. The van der Waals surface area contributed by atoms with Crippen LogP contribution in [-0.4, -0.2) is 49.4 Å². The SMILES string of the molecule is CCCNC(=O)c1cccc(C(=O)N2CCN(c3cccc(Cl)c3)CC2)c1. The zero-order valence-electron chi connectivity index (χ0n) is 15.5. The summed E-state index contributed by atoms with van der Waals surface area (Å²) in [6.45, 7) is 5.41. The zero-order chi connectivity index (χ0) is 19.2. The molecule has 2 amide bonds. The van der Waals surface area contributed by atoms with Crippen LogP contribution in [0.3, 0.4) is 0 Å². The van der Waals surface area contributed by atoms with Gasteiger partial charge >= 0.3 is 0 Å². The molecule has 0 atom stereocenters. The summed E-state index contributed by atoms with van der Waals surface area (Å²) < 4.78 is 0. The Hall–Kier alpha value is -2.53. The molecule has 3 rings (SSSR count). The molecule has 1 aliphatic rings. The molecule has 0 unspecified atom stereocenters. The first kappa shape index (κ1) is 19.2. The van der Waals surface area contributed by atoms with Crippen LogP contribution in [0.4, 0.5) is 5.69 Å². The van der Waals surface area contributed by atoms with E-state index in [0.29, 0.717) is 35.8 Å². The molecule has 2 aromatic rings. The number of nitrogens with one attached hydrogen (secondary N) is 1. The minimum Gasteiger partial charge on any atom is -0.368 e. The molecule has 1 heterocycles. The first-order valence-corrected chi connectivity index (χ1v) is 9.64. The molecule has 0 aliphatic carbocycles. The highest BCUT2D eigenvalue weighted by molar-refractivity contribution is 6.30. The summed E-state index contributed by atoms with van der Waals surface area (Å²) in [5, 5.41) is 3.55. The minimum atomic E-state index is -0.141. The van der Waals surface area contributed by atoms with Gasteiger partial charge in [-0.05, 0) is 42.8 Å². The van der Waals surface area contributed by atoms with Crippen molar-refractivity contribution in [1.29, 1.82) is 0 Å². The van der Waals surface area contributed by atoms with E-state index in [-0.39, 0.29) is 11.8 Å². The molecule has 0 radical (unpaired) electrons. The van der Waals surface area contributed by atoms with Gasteiger partial charge in [0.25, 0.3) is 11.8 Å². The van der Waals surface area contributed by atoms with E-state index in [2.05, 4.69) is 10.2 Å². The normalized spacial score (nSPS) is 14.1. The minimum absolute atomic E-state index is 0.0362. The largest absolute Gasteiger partial charge is 0.368 e. The van der Waals surface area contributed by atoms with Crippen molar-refractivity contribution in [2.75, 3.05) is 37.6 Å². The molecule has 0 aromatic heterocycles. The van der Waals surface area contributed by atoms with Crippen molar-refractivity contribution in [3.8, 4) is 0 Å². The van der Waals surface area contributed by atoms with Gasteiger partial charge in [0, 0.05) is 54.6 Å². The van der Waals surface area contributed by atoms with Crippen molar-refractivity contribution in [2.45, 2.75) is 13.3 Å². The summed E-state index contributed by atoms with van der Waals surface area (Å²) in [7, 11) is 0. The number of benzene rings is 2. The molecular weight excluding hydrogens is 362 g/mol. The van der Waals surface area contributed by atoms with Crippen molar-refractivity contribution in [3.05, 3.63) is 64.7 Å². The number of hydrogen-bond acceptors (Lipinski definition) is 3. The maximum atomic E-state index is 12.8. The van der Waals surface area contributed by atoms with Crippen LogP contribution in [0, 0.1) is 0 Å². The van der Waals surface area contributed by atoms with Crippen LogP contribution in [0.25, 0.3) is 0 Å². The molecule has 2 aromatic carbocycles. The number of piperazine rings is 1. The summed E-state index contributed by atoms with van der Waals surface area (Å²) >= 11 is 6.07. The second-order valence-electron chi connectivity index (χ2n) is 6.60. The van der Waals surface area contributed by atoms with E-state index in [1.165, 1.54) is 0 Å². The van der Waals surface area contributed by atoms with Crippen LogP contribution in [-0.2, 0) is 0 Å². The first-order chi connectivity index (χ1) is 13.1. The summed E-state index contributed by atoms with van der Waals surface area (Å²) in [6.07, 6.45) is 0.876. The van der Waals surface area contributed by atoms with E-state index >= 15 is 0 Å². The van der Waals surface area contributed by atoms with E-state index in [9.17, 15) is 9.59 Å². The molecule has 5 nitrogen and oxygen atoms in total. The predicted molar refractivity (Wildman–Crippen MR) is 109 cm³/mol. The lowest BCUT2D eigenvalue weighted by molar-refractivity contribution is 0.0747. The van der Waals surface area contributed by atoms with Crippen LogP contribution >= 0.6 is 11.6 Å². The van der Waals surface area contributed by atoms with Gasteiger partial charge in [0.2, 0.25) is 0 Å². The van der Waals surface area contributed by atoms with Crippen molar-refractivity contribution in [3.63, 3.8) is 0 Å². The Labute approximate surface area is 164 Å². The fourth-order valence-corrected chi connectivity index (χ4v) is 3.34. The first-order valence-electron chi connectivity index (χ1n) is 9.26. The van der Waals surface area contributed by atoms with Crippen LogP contribution < -0.4 is 10.2 Å². The number of hydrogen-bond donors (Lipinski definition) is 1. The Kier molecular flexibility index (Phi) is 6.35. The highest BCUT2D eigenvalue weighted by Crippen LogP contribution is 2.21. The molecule has 27 heavy (non-hydrogen) atoms. The van der Waals surface area contributed by atoms with E-state index in [0.717, 1.165) is 25.2 Å². The van der Waals surface area contributed by atoms with Gasteiger partial charge in [-0.2, -0.15) is 0 Å². The lowest BCUT2D eigenvalue weighted by Gasteiger charge is -2.36. The Morgan fingerprint density at radius 1 is 1.00 bits per heavy atom. The van der Waals surface area contributed by atoms with Gasteiger partial charge in [-0.15, -0.1) is 0 Å². The van der Waals surface area contributed by atoms with Crippen LogP contribution in [0.2, 0.25) is 5.02 Å². The Morgan fingerprint density at radius 2 is 1.70 bits per heavy atom. The Morgan fingerprint density at radius 3 is 2.41 bits per heavy atom. The van der Waals surface area contributed by atoms with Crippen molar-refractivity contribution >= 4 is 29.1 Å². The Balaban J connectivity index is 1.63. The molecule has 0 saturated carbocycles. The average Bonchev–Trinajstić information content (AvgIpc) is 2.71. The third-order valence-corrected chi connectivity index (χ3v) is 4.88. The zero-order valence-corrected chi connectivity index (χ0v) is 16.2. The van der Waals surface area contributed by atoms with Crippen molar-refractivity contribution < 1.29 is 9.59 Å². The van der Waals surface area contributed by atoms with Crippen molar-refractivity contribution in [2.24, 2.45) is 0 Å². The summed E-state index contributed by atoms with van der Waals surface area (Å²) in [6, 6.07) is 14.7. The molecule has 1 saturated heterocycles. The van der Waals surface area contributed by atoms with E-state index in [1.54, 1.807) is 24.3 Å². The fraction of sp³-hybridized carbons (Fsp3) is 0.333. The number of amides is 2. The highest BCUT2D eigenvalue weighted by Gasteiger charge is 2.23. The number of carbonyl (C=O) groups excluding carboxylic acids is 2. The second-order valence-corrected chi connectivity index (χ2v) is 7.03. The van der Waals surface area contributed by atoms with Gasteiger partial charge in [0.05, 0.1) is 0 Å². The third-order valence-electron chi connectivity index (χ3n) is 4.65. The van der Waals surface area contributed by atoms with Gasteiger partial charge in [-0.1, -0.05) is 30.7 Å². The standard InChI is InChI=1S/C21H24ClN3O2/c1-2-9-23-20(26)16-5-3-6-17(14-16)21(27)25-12-10-24(11-13-25)19-8-4-7-18(22)15-19/h3-8,14-15H,2,9-13H2,1H3,(H,23,26). The summed E-state index contributed by atoms with van der Waals surface area (Å²) in [5.41, 5.74) is 2.14. The van der Waals surface area contributed by atoms with Crippen LogP contribution in [0.1, 0.15) is 34.1 Å². The maximum Gasteiger partial charge on any atom is 0.253 e. The summed E-state index contributed by atoms with van der Waals surface area (Å²) in [4.78, 5) is 29.0. The molecule has 1 N–H and O–H groups in total. The quantitative estimate of drug-likeness (QED) is 0.857.